The second kappa shape index (κ2) is 7.06. The number of hydrogen-bond acceptors (Lipinski definition) is 3. The quantitative estimate of drug-likeness (QED) is 0.811. The van der Waals surface area contributed by atoms with Crippen molar-refractivity contribution in [2.75, 3.05) is 6.61 Å². The van der Waals surface area contributed by atoms with E-state index in [4.69, 9.17) is 4.74 Å². The van der Waals surface area contributed by atoms with Crippen molar-refractivity contribution < 1.29 is 9.53 Å². The molecule has 1 N–H and O–H groups in total. The molecule has 1 atom stereocenters. The second-order valence-electron chi connectivity index (χ2n) is 4.79. The monoisotopic (exact) mass is 327 g/mol. The van der Waals surface area contributed by atoms with E-state index >= 15 is 0 Å². The third-order valence-corrected chi connectivity index (χ3v) is 3.55. The molecular weight excluding hydrogens is 306 g/mol. The maximum absolute atomic E-state index is 12.4. The van der Waals surface area contributed by atoms with Gasteiger partial charge >= 0.3 is 5.97 Å². The molecule has 1 aromatic rings. The summed E-state index contributed by atoms with van der Waals surface area (Å²) >= 11 is 3.42. The molecule has 1 rings (SSSR count). The van der Waals surface area contributed by atoms with Gasteiger partial charge in [-0.3, -0.25) is 5.32 Å². The average Bonchev–Trinajstić information content (AvgIpc) is 2.37. The minimum Gasteiger partial charge on any atom is -0.464 e. The lowest BCUT2D eigenvalue weighted by Crippen LogP contribution is -2.52. The minimum absolute atomic E-state index is 0.188. The summed E-state index contributed by atoms with van der Waals surface area (Å²) in [4.78, 5) is 12.4. The Labute approximate surface area is 123 Å². The molecule has 0 saturated carbocycles. The Balaban J connectivity index is 3.22. The largest absolute Gasteiger partial charge is 0.464 e. The van der Waals surface area contributed by atoms with Gasteiger partial charge in [0.2, 0.25) is 0 Å². The fourth-order valence-electron chi connectivity index (χ4n) is 2.19. The molecule has 0 radical (unpaired) electrons. The van der Waals surface area contributed by atoms with E-state index in [9.17, 15) is 4.79 Å². The number of carbonyl (C=O) groups excluding carboxylic acids is 1. The molecule has 4 heteroatoms. The number of nitrogens with one attached hydrogen (secondary N) is 1. The van der Waals surface area contributed by atoms with Gasteiger partial charge in [-0.15, -0.1) is 0 Å². The highest BCUT2D eigenvalue weighted by atomic mass is 79.9. The summed E-state index contributed by atoms with van der Waals surface area (Å²) in [5.74, 6) is -0.214. The van der Waals surface area contributed by atoms with Crippen molar-refractivity contribution in [3.63, 3.8) is 0 Å². The molecule has 1 unspecified atom stereocenters. The van der Waals surface area contributed by atoms with Crippen molar-refractivity contribution in [2.24, 2.45) is 0 Å². The van der Waals surface area contributed by atoms with E-state index in [0.717, 1.165) is 10.0 Å². The van der Waals surface area contributed by atoms with E-state index < -0.39 is 5.54 Å². The lowest BCUT2D eigenvalue weighted by atomic mass is 9.86. The van der Waals surface area contributed by atoms with Crippen molar-refractivity contribution >= 4 is 21.9 Å². The molecule has 0 bridgehead atoms. The van der Waals surface area contributed by atoms with Crippen LogP contribution in [0, 0.1) is 0 Å². The standard InChI is InChI=1S/C15H22BrNO2/c1-5-15(17-11(3)4,14(18)19-6-2)12-7-9-13(16)10-8-12/h7-11,17H,5-6H2,1-4H3. The van der Waals surface area contributed by atoms with Crippen molar-refractivity contribution in [2.45, 2.75) is 45.7 Å². The second-order valence-corrected chi connectivity index (χ2v) is 5.70. The SMILES string of the molecule is CCOC(=O)C(CC)(NC(C)C)c1ccc(Br)cc1. The highest BCUT2D eigenvalue weighted by Crippen LogP contribution is 2.28. The van der Waals surface area contributed by atoms with Gasteiger partial charge in [-0.25, -0.2) is 4.79 Å². The smallest absolute Gasteiger partial charge is 0.330 e. The van der Waals surface area contributed by atoms with Crippen LogP contribution in [0.25, 0.3) is 0 Å². The molecule has 0 aliphatic heterocycles. The van der Waals surface area contributed by atoms with Gasteiger partial charge in [0.05, 0.1) is 6.61 Å². The van der Waals surface area contributed by atoms with Crippen molar-refractivity contribution in [1.29, 1.82) is 0 Å². The lowest BCUT2D eigenvalue weighted by Gasteiger charge is -2.34. The first-order valence-corrected chi connectivity index (χ1v) is 7.46. The van der Waals surface area contributed by atoms with Crippen LogP contribution >= 0.6 is 15.9 Å². The summed E-state index contributed by atoms with van der Waals surface area (Å²) in [6.07, 6.45) is 0.644. The van der Waals surface area contributed by atoms with E-state index in [1.54, 1.807) is 0 Å². The maximum Gasteiger partial charge on any atom is 0.330 e. The van der Waals surface area contributed by atoms with Crippen LogP contribution < -0.4 is 5.32 Å². The first kappa shape index (κ1) is 16.2. The van der Waals surface area contributed by atoms with Crippen molar-refractivity contribution in [3.05, 3.63) is 34.3 Å². The predicted molar refractivity (Wildman–Crippen MR) is 81.0 cm³/mol. The number of ether oxygens (including phenoxy) is 1. The molecule has 0 heterocycles. The fraction of sp³-hybridized carbons (Fsp3) is 0.533. The normalized spacial score (nSPS) is 14.2. The first-order chi connectivity index (χ1) is 8.96. The number of rotatable bonds is 6. The number of esters is 1. The summed E-state index contributed by atoms with van der Waals surface area (Å²) in [5.41, 5.74) is 0.163. The van der Waals surface area contributed by atoms with Gasteiger partial charge < -0.3 is 4.74 Å². The molecule has 3 nitrogen and oxygen atoms in total. The Morgan fingerprint density at radius 2 is 1.89 bits per heavy atom. The van der Waals surface area contributed by atoms with Crippen LogP contribution in [0.5, 0.6) is 0 Å². The van der Waals surface area contributed by atoms with Crippen molar-refractivity contribution in [3.8, 4) is 0 Å². The molecule has 0 aliphatic rings. The molecule has 0 aliphatic carbocycles. The topological polar surface area (TPSA) is 38.3 Å². The fourth-order valence-corrected chi connectivity index (χ4v) is 2.46. The molecule has 0 fully saturated rings. The zero-order valence-corrected chi connectivity index (χ0v) is 13.6. The third-order valence-electron chi connectivity index (χ3n) is 3.03. The number of benzene rings is 1. The van der Waals surface area contributed by atoms with Crippen LogP contribution in [-0.4, -0.2) is 18.6 Å². The maximum atomic E-state index is 12.4. The van der Waals surface area contributed by atoms with Crippen LogP contribution in [0.3, 0.4) is 0 Å². The molecule has 106 valence electrons. The Kier molecular flexibility index (Phi) is 6.01. The van der Waals surface area contributed by atoms with E-state index in [1.165, 1.54) is 0 Å². The molecule has 0 spiro atoms. The van der Waals surface area contributed by atoms with E-state index in [1.807, 2.05) is 52.0 Å². The van der Waals surface area contributed by atoms with Crippen molar-refractivity contribution in [1.82, 2.24) is 5.32 Å². The number of halogens is 1. The molecule has 0 amide bonds. The van der Waals surface area contributed by atoms with Gasteiger partial charge in [0, 0.05) is 10.5 Å². The minimum atomic E-state index is -0.773. The highest BCUT2D eigenvalue weighted by molar-refractivity contribution is 9.10. The van der Waals surface area contributed by atoms with Crippen LogP contribution in [0.2, 0.25) is 0 Å². The molecule has 0 saturated heterocycles. The summed E-state index contributed by atoms with van der Waals surface area (Å²) in [6, 6.07) is 8.00. The summed E-state index contributed by atoms with van der Waals surface area (Å²) in [6.45, 7) is 8.27. The van der Waals surface area contributed by atoms with E-state index in [-0.39, 0.29) is 12.0 Å². The molecule has 1 aromatic carbocycles. The molecule has 19 heavy (non-hydrogen) atoms. The van der Waals surface area contributed by atoms with Crippen LogP contribution in [0.15, 0.2) is 28.7 Å². The first-order valence-electron chi connectivity index (χ1n) is 6.67. The lowest BCUT2D eigenvalue weighted by molar-refractivity contribution is -0.152. The van der Waals surface area contributed by atoms with Crippen LogP contribution in [0.4, 0.5) is 0 Å². The summed E-state index contributed by atoms with van der Waals surface area (Å²) < 4.78 is 6.27. The Morgan fingerprint density at radius 1 is 1.32 bits per heavy atom. The van der Waals surface area contributed by atoms with Gasteiger partial charge in [-0.05, 0) is 44.9 Å². The zero-order valence-electron chi connectivity index (χ0n) is 12.0. The van der Waals surface area contributed by atoms with Gasteiger partial charge in [0.25, 0.3) is 0 Å². The van der Waals surface area contributed by atoms with Crippen LogP contribution in [0.1, 0.15) is 39.7 Å². The van der Waals surface area contributed by atoms with Crippen LogP contribution in [-0.2, 0) is 15.1 Å². The van der Waals surface area contributed by atoms with E-state index in [2.05, 4.69) is 21.2 Å². The highest BCUT2D eigenvalue weighted by Gasteiger charge is 2.40. The Hall–Kier alpha value is -0.870. The summed E-state index contributed by atoms with van der Waals surface area (Å²) in [7, 11) is 0. The van der Waals surface area contributed by atoms with Gasteiger partial charge in [-0.1, -0.05) is 35.0 Å². The average molecular weight is 328 g/mol. The number of hydrogen-bond donors (Lipinski definition) is 1. The van der Waals surface area contributed by atoms with E-state index in [0.29, 0.717) is 13.0 Å². The molecule has 0 aromatic heterocycles. The van der Waals surface area contributed by atoms with Gasteiger partial charge in [0.15, 0.2) is 0 Å². The van der Waals surface area contributed by atoms with Gasteiger partial charge in [0.1, 0.15) is 5.54 Å². The number of carbonyl (C=O) groups is 1. The Morgan fingerprint density at radius 3 is 2.32 bits per heavy atom. The predicted octanol–water partition coefficient (Wildman–Crippen LogP) is 3.62. The Bertz CT molecular complexity index is 417. The molecular formula is C15H22BrNO2. The zero-order chi connectivity index (χ0) is 14.5. The third kappa shape index (κ3) is 3.80. The van der Waals surface area contributed by atoms with Gasteiger partial charge in [-0.2, -0.15) is 0 Å². The summed E-state index contributed by atoms with van der Waals surface area (Å²) in [5, 5.41) is 3.37.